The molecule has 9 nitrogen and oxygen atoms in total. The molecule has 1 fully saturated rings. The van der Waals surface area contributed by atoms with Gasteiger partial charge in [-0.05, 0) is 37.3 Å². The highest BCUT2D eigenvalue weighted by atomic mass is 32.2. The number of benzene rings is 2. The molecule has 0 saturated carbocycles. The van der Waals surface area contributed by atoms with Gasteiger partial charge in [-0.15, -0.1) is 0 Å². The number of carbonyl (C=O) groups excluding carboxylic acids is 3. The number of aliphatic carboxylic acids is 1. The van der Waals surface area contributed by atoms with Gasteiger partial charge < -0.3 is 15.2 Å². The first-order chi connectivity index (χ1) is 16.8. The number of hydrogen-bond donors (Lipinski definition) is 2. The van der Waals surface area contributed by atoms with Gasteiger partial charge in [0.15, 0.2) is 0 Å². The van der Waals surface area contributed by atoms with E-state index < -0.39 is 23.7 Å². The molecule has 4 rings (SSSR count). The Labute approximate surface area is 210 Å². The lowest BCUT2D eigenvalue weighted by atomic mass is 10.1. The minimum atomic E-state index is -1.06. The molecule has 11 heteroatoms. The van der Waals surface area contributed by atoms with Crippen LogP contribution in [0.2, 0.25) is 0 Å². The first kappa shape index (κ1) is 24.4. The van der Waals surface area contributed by atoms with Crippen molar-refractivity contribution in [1.29, 1.82) is 0 Å². The standard InChI is InChI=1S/C24H21N3O6S2/c1-2-33-15-9-7-14(8-10-15)25-18(28)13-27-17-6-4-3-5-16(17)20(22(27)31)21-23(32)26(24(34)35-21)12-11-19(29)30/h3-10H,2,11-13H2,1H3,(H,25,28)(H,29,30)/b21-20-. The molecule has 0 radical (unpaired) electrons. The van der Waals surface area contributed by atoms with Crippen molar-refractivity contribution in [2.24, 2.45) is 0 Å². The van der Waals surface area contributed by atoms with Crippen molar-refractivity contribution in [2.45, 2.75) is 13.3 Å². The Balaban J connectivity index is 1.57. The highest BCUT2D eigenvalue weighted by molar-refractivity contribution is 8.26. The number of thioether (sulfide) groups is 1. The SMILES string of the molecule is CCOc1ccc(NC(=O)CN2C(=O)/C(=C3\SC(=S)N(CCC(=O)O)C3=O)c3ccccc32)cc1. The van der Waals surface area contributed by atoms with Crippen molar-refractivity contribution in [3.8, 4) is 5.75 Å². The molecule has 0 aromatic heterocycles. The van der Waals surface area contributed by atoms with Gasteiger partial charge in [0.1, 0.15) is 16.6 Å². The van der Waals surface area contributed by atoms with Gasteiger partial charge in [-0.25, -0.2) is 0 Å². The van der Waals surface area contributed by atoms with Crippen LogP contribution in [0.15, 0.2) is 53.4 Å². The van der Waals surface area contributed by atoms with Gasteiger partial charge in [0.2, 0.25) is 5.91 Å². The Kier molecular flexibility index (Phi) is 7.17. The number of nitrogens with one attached hydrogen (secondary N) is 1. The minimum Gasteiger partial charge on any atom is -0.494 e. The molecule has 2 N–H and O–H groups in total. The molecule has 1 saturated heterocycles. The van der Waals surface area contributed by atoms with Crippen molar-refractivity contribution >= 4 is 68.9 Å². The third-order valence-electron chi connectivity index (χ3n) is 5.30. The maximum Gasteiger partial charge on any atom is 0.305 e. The second-order valence-corrected chi connectivity index (χ2v) is 9.23. The number of fused-ring (bicyclic) bond motifs is 1. The number of anilines is 2. The lowest BCUT2D eigenvalue weighted by molar-refractivity contribution is -0.137. The van der Waals surface area contributed by atoms with Crippen LogP contribution in [0.3, 0.4) is 0 Å². The number of thiocarbonyl (C=S) groups is 1. The zero-order chi connectivity index (χ0) is 25.1. The third-order valence-corrected chi connectivity index (χ3v) is 6.75. The van der Waals surface area contributed by atoms with Crippen molar-refractivity contribution in [3.63, 3.8) is 0 Å². The Morgan fingerprint density at radius 3 is 2.46 bits per heavy atom. The van der Waals surface area contributed by atoms with Crippen molar-refractivity contribution in [2.75, 3.05) is 29.9 Å². The van der Waals surface area contributed by atoms with E-state index >= 15 is 0 Å². The molecule has 0 aliphatic carbocycles. The van der Waals surface area contributed by atoms with E-state index in [9.17, 15) is 19.2 Å². The molecule has 0 unspecified atom stereocenters. The lowest BCUT2D eigenvalue weighted by Crippen LogP contribution is -2.35. The van der Waals surface area contributed by atoms with Crippen LogP contribution in [0.5, 0.6) is 5.75 Å². The predicted molar refractivity (Wildman–Crippen MR) is 136 cm³/mol. The van der Waals surface area contributed by atoms with Crippen LogP contribution in [-0.2, 0) is 19.2 Å². The van der Waals surface area contributed by atoms with Gasteiger partial charge in [0.25, 0.3) is 11.8 Å². The van der Waals surface area contributed by atoms with E-state index in [4.69, 9.17) is 22.1 Å². The fourth-order valence-corrected chi connectivity index (χ4v) is 5.13. The van der Waals surface area contributed by atoms with E-state index in [0.29, 0.717) is 29.3 Å². The largest absolute Gasteiger partial charge is 0.494 e. The molecule has 0 bridgehead atoms. The number of ether oxygens (including phenoxy) is 1. The fraction of sp³-hybridized carbons (Fsp3) is 0.208. The van der Waals surface area contributed by atoms with Crippen molar-refractivity contribution in [1.82, 2.24) is 4.90 Å². The molecule has 35 heavy (non-hydrogen) atoms. The van der Waals surface area contributed by atoms with Gasteiger partial charge in [-0.2, -0.15) is 0 Å². The molecule has 2 aromatic carbocycles. The number of nitrogens with zero attached hydrogens (tertiary/aromatic N) is 2. The van der Waals surface area contributed by atoms with Gasteiger partial charge in [0.05, 0.1) is 29.2 Å². The fourth-order valence-electron chi connectivity index (χ4n) is 3.75. The number of amides is 3. The summed E-state index contributed by atoms with van der Waals surface area (Å²) < 4.78 is 5.59. The summed E-state index contributed by atoms with van der Waals surface area (Å²) in [6.07, 6.45) is -0.266. The minimum absolute atomic E-state index is 0.0825. The summed E-state index contributed by atoms with van der Waals surface area (Å²) in [6, 6.07) is 13.8. The van der Waals surface area contributed by atoms with E-state index in [2.05, 4.69) is 5.32 Å². The van der Waals surface area contributed by atoms with Crippen LogP contribution in [0.1, 0.15) is 18.9 Å². The summed E-state index contributed by atoms with van der Waals surface area (Å²) in [6.45, 7) is 2.07. The Morgan fingerprint density at radius 1 is 1.06 bits per heavy atom. The summed E-state index contributed by atoms with van der Waals surface area (Å²) in [5, 5.41) is 11.7. The van der Waals surface area contributed by atoms with Gasteiger partial charge >= 0.3 is 5.97 Å². The molecule has 0 spiro atoms. The zero-order valence-corrected chi connectivity index (χ0v) is 20.3. The van der Waals surface area contributed by atoms with E-state index in [-0.39, 0.29) is 34.3 Å². The molecule has 2 aromatic rings. The number of hydrogen-bond acceptors (Lipinski definition) is 7. The Hall–Kier alpha value is -3.70. The maximum absolute atomic E-state index is 13.4. The summed E-state index contributed by atoms with van der Waals surface area (Å²) in [5.41, 5.74) is 1.73. The number of rotatable bonds is 8. The summed E-state index contributed by atoms with van der Waals surface area (Å²) in [4.78, 5) is 52.8. The van der Waals surface area contributed by atoms with Gasteiger partial charge in [-0.1, -0.05) is 42.2 Å². The Bertz CT molecular complexity index is 1260. The van der Waals surface area contributed by atoms with Crippen LogP contribution in [0, 0.1) is 0 Å². The zero-order valence-electron chi connectivity index (χ0n) is 18.6. The normalized spacial score (nSPS) is 17.1. The topological polar surface area (TPSA) is 116 Å². The van der Waals surface area contributed by atoms with E-state index in [1.54, 1.807) is 48.5 Å². The van der Waals surface area contributed by atoms with Crippen LogP contribution in [0.25, 0.3) is 5.57 Å². The van der Waals surface area contributed by atoms with E-state index in [1.165, 1.54) is 9.80 Å². The summed E-state index contributed by atoms with van der Waals surface area (Å²) >= 11 is 6.22. The highest BCUT2D eigenvalue weighted by Gasteiger charge is 2.42. The average molecular weight is 512 g/mol. The summed E-state index contributed by atoms with van der Waals surface area (Å²) in [5.74, 6) is -1.79. The molecule has 0 atom stereocenters. The molecule has 2 aliphatic rings. The molecule has 3 amide bonds. The second kappa shape index (κ2) is 10.3. The maximum atomic E-state index is 13.4. The molecule has 180 valence electrons. The smallest absolute Gasteiger partial charge is 0.305 e. The Morgan fingerprint density at radius 2 is 1.77 bits per heavy atom. The van der Waals surface area contributed by atoms with Crippen LogP contribution >= 0.6 is 24.0 Å². The first-order valence-corrected chi connectivity index (χ1v) is 12.0. The predicted octanol–water partition coefficient (Wildman–Crippen LogP) is 3.12. The average Bonchev–Trinajstić information content (AvgIpc) is 3.25. The van der Waals surface area contributed by atoms with Crippen LogP contribution < -0.4 is 15.0 Å². The van der Waals surface area contributed by atoms with E-state index in [1.807, 2.05) is 6.92 Å². The van der Waals surface area contributed by atoms with Crippen molar-refractivity contribution in [3.05, 3.63) is 59.0 Å². The van der Waals surface area contributed by atoms with Gasteiger partial charge in [-0.3, -0.25) is 29.0 Å². The summed E-state index contributed by atoms with van der Waals surface area (Å²) in [7, 11) is 0. The van der Waals surface area contributed by atoms with Crippen molar-refractivity contribution < 1.29 is 29.0 Å². The number of para-hydroxylation sites is 1. The number of carboxylic acid groups (broad SMARTS) is 1. The molecular weight excluding hydrogens is 490 g/mol. The monoisotopic (exact) mass is 511 g/mol. The van der Waals surface area contributed by atoms with Gasteiger partial charge in [0, 0.05) is 17.8 Å². The van der Waals surface area contributed by atoms with Crippen LogP contribution in [-0.4, -0.2) is 57.7 Å². The number of carbonyl (C=O) groups is 4. The number of carboxylic acids is 1. The first-order valence-electron chi connectivity index (χ1n) is 10.7. The van der Waals surface area contributed by atoms with E-state index in [0.717, 1.165) is 11.8 Å². The third kappa shape index (κ3) is 5.05. The highest BCUT2D eigenvalue weighted by Crippen LogP contribution is 2.44. The molecule has 2 heterocycles. The second-order valence-electron chi connectivity index (χ2n) is 7.59. The van der Waals surface area contributed by atoms with Crippen LogP contribution in [0.4, 0.5) is 11.4 Å². The lowest BCUT2D eigenvalue weighted by Gasteiger charge is -2.17. The quantitative estimate of drug-likeness (QED) is 0.410. The molecular formula is C24H21N3O6S2. The molecule has 2 aliphatic heterocycles.